The van der Waals surface area contributed by atoms with E-state index in [-0.39, 0.29) is 5.91 Å². The smallest absolute Gasteiger partial charge is 0.257 e. The summed E-state index contributed by atoms with van der Waals surface area (Å²) < 4.78 is 14.8. The van der Waals surface area contributed by atoms with Crippen LogP contribution in [0.1, 0.15) is 36.7 Å². The van der Waals surface area contributed by atoms with Gasteiger partial charge in [0.2, 0.25) is 0 Å². The van der Waals surface area contributed by atoms with E-state index >= 15 is 0 Å². The molecule has 3 heterocycles. The number of hydrogen-bond donors (Lipinski definition) is 3. The van der Waals surface area contributed by atoms with Gasteiger partial charge in [-0.15, -0.1) is 0 Å². The number of piperidine rings is 1. The second-order valence-electron chi connectivity index (χ2n) is 8.23. The molecule has 164 valence electrons. The highest BCUT2D eigenvalue weighted by atomic mass is 19.1. The van der Waals surface area contributed by atoms with Crippen molar-refractivity contribution in [3.05, 3.63) is 77.6 Å². The molecular weight excluding hydrogens is 405 g/mol. The van der Waals surface area contributed by atoms with Gasteiger partial charge >= 0.3 is 0 Å². The number of H-pyrrole nitrogens is 1. The zero-order valence-electron chi connectivity index (χ0n) is 18.0. The highest BCUT2D eigenvalue weighted by Crippen LogP contribution is 2.41. The number of hydrogen-bond acceptors (Lipinski definition) is 4. The molecule has 3 aromatic rings. The fraction of sp³-hybridized carbons (Fsp3) is 0.280. The van der Waals surface area contributed by atoms with E-state index in [1.165, 1.54) is 6.07 Å². The number of carbonyl (C=O) groups excluding carboxylic acids is 1. The van der Waals surface area contributed by atoms with E-state index in [0.717, 1.165) is 49.4 Å². The summed E-state index contributed by atoms with van der Waals surface area (Å²) in [6.07, 6.45) is 5.44. The average molecular weight is 432 g/mol. The summed E-state index contributed by atoms with van der Waals surface area (Å²) in [6.45, 7) is 5.44. The molecule has 1 saturated heterocycles. The summed E-state index contributed by atoms with van der Waals surface area (Å²) in [7, 11) is 0. The normalized spacial score (nSPS) is 18.4. The van der Waals surface area contributed by atoms with Gasteiger partial charge in [0.05, 0.1) is 5.57 Å². The second kappa shape index (κ2) is 8.59. The predicted octanol–water partition coefficient (Wildman–Crippen LogP) is 4.36. The molecule has 1 aromatic heterocycles. The molecule has 0 spiro atoms. The van der Waals surface area contributed by atoms with E-state index in [1.54, 1.807) is 30.6 Å². The number of anilines is 2. The molecule has 32 heavy (non-hydrogen) atoms. The fourth-order valence-electron chi connectivity index (χ4n) is 4.58. The summed E-state index contributed by atoms with van der Waals surface area (Å²) in [6, 6.07) is 12.7. The number of carbonyl (C=O) groups is 1. The Bertz CT molecular complexity index is 1160. The molecule has 5 rings (SSSR count). The van der Waals surface area contributed by atoms with Gasteiger partial charge in [0.1, 0.15) is 11.6 Å². The van der Waals surface area contributed by atoms with Crippen molar-refractivity contribution >= 4 is 28.4 Å². The van der Waals surface area contributed by atoms with Gasteiger partial charge in [-0.3, -0.25) is 4.79 Å². The number of halogens is 1. The molecule has 1 fully saturated rings. The number of benzene rings is 2. The Morgan fingerprint density at radius 3 is 2.75 bits per heavy atom. The minimum absolute atomic E-state index is 0.261. The molecular formula is C25H26FN5O. The molecule has 0 atom stereocenters. The number of imidazole rings is 1. The third kappa shape index (κ3) is 3.80. The highest BCUT2D eigenvalue weighted by Gasteiger charge is 2.31. The number of nitrogens with one attached hydrogen (secondary N) is 3. The molecule has 6 nitrogen and oxygen atoms in total. The van der Waals surface area contributed by atoms with Crippen molar-refractivity contribution in [2.75, 3.05) is 30.3 Å². The largest absolute Gasteiger partial charge is 0.382 e. The van der Waals surface area contributed by atoms with Crippen LogP contribution >= 0.6 is 0 Å². The topological polar surface area (TPSA) is 73.0 Å². The van der Waals surface area contributed by atoms with Crippen LogP contribution in [0.15, 0.2) is 54.9 Å². The average Bonchev–Trinajstić information content (AvgIpc) is 3.44. The fourth-order valence-corrected chi connectivity index (χ4v) is 4.58. The van der Waals surface area contributed by atoms with Gasteiger partial charge in [-0.05, 0) is 43.7 Å². The third-order valence-electron chi connectivity index (χ3n) is 6.30. The minimum Gasteiger partial charge on any atom is -0.382 e. The van der Waals surface area contributed by atoms with Crippen LogP contribution in [0.4, 0.5) is 15.8 Å². The maximum Gasteiger partial charge on any atom is 0.257 e. The summed E-state index contributed by atoms with van der Waals surface area (Å²) in [5, 5.41) is 6.56. The van der Waals surface area contributed by atoms with E-state index in [1.807, 2.05) is 18.2 Å². The first-order valence-electron chi connectivity index (χ1n) is 11.1. The van der Waals surface area contributed by atoms with E-state index < -0.39 is 5.82 Å². The van der Waals surface area contributed by atoms with Crippen molar-refractivity contribution in [3.8, 4) is 0 Å². The zero-order chi connectivity index (χ0) is 22.1. The van der Waals surface area contributed by atoms with Gasteiger partial charge in [0, 0.05) is 59.6 Å². The lowest BCUT2D eigenvalue weighted by molar-refractivity contribution is -0.110. The quantitative estimate of drug-likeness (QED) is 0.525. The van der Waals surface area contributed by atoms with Gasteiger partial charge in [-0.25, -0.2) is 9.37 Å². The van der Waals surface area contributed by atoms with Crippen LogP contribution < -0.4 is 10.6 Å². The van der Waals surface area contributed by atoms with Gasteiger partial charge in [0.15, 0.2) is 0 Å². The molecule has 0 bridgehead atoms. The van der Waals surface area contributed by atoms with Crippen molar-refractivity contribution in [2.24, 2.45) is 0 Å². The van der Waals surface area contributed by atoms with Crippen molar-refractivity contribution < 1.29 is 9.18 Å². The first kappa shape index (κ1) is 20.5. The number of nitrogens with zero attached hydrogens (tertiary/aromatic N) is 2. The SMILES string of the molecule is CCN1CCC(Nc2ccc3c(c2)/C(=C(/c2ncc[nH]2)c2ccccc2F)C(=O)N3)CC1. The molecule has 7 heteroatoms. The third-order valence-corrected chi connectivity index (χ3v) is 6.30. The Morgan fingerprint density at radius 1 is 1.22 bits per heavy atom. The first-order valence-corrected chi connectivity index (χ1v) is 11.1. The second-order valence-corrected chi connectivity index (χ2v) is 8.23. The van der Waals surface area contributed by atoms with Crippen LogP contribution in [0.2, 0.25) is 0 Å². The Morgan fingerprint density at radius 2 is 2.03 bits per heavy atom. The van der Waals surface area contributed by atoms with E-state index in [4.69, 9.17) is 0 Å². The van der Waals surface area contributed by atoms with Crippen LogP contribution in [0.5, 0.6) is 0 Å². The standard InChI is InChI=1S/C25H26FN5O/c1-2-31-13-9-16(10-14-31)29-17-7-8-21-19(15-17)23(25(32)30-21)22(24-27-11-12-28-24)18-5-3-4-6-20(18)26/h3-8,11-12,15-16,29H,2,9-10,13-14H2,1H3,(H,27,28)(H,30,32)/b23-22-. The molecule has 0 unspecified atom stereocenters. The monoisotopic (exact) mass is 431 g/mol. The number of fused-ring (bicyclic) bond motifs is 1. The van der Waals surface area contributed by atoms with Gasteiger partial charge in [-0.1, -0.05) is 25.1 Å². The number of rotatable bonds is 5. The maximum atomic E-state index is 14.8. The van der Waals surface area contributed by atoms with Gasteiger partial charge in [0.25, 0.3) is 5.91 Å². The summed E-state index contributed by atoms with van der Waals surface area (Å²) >= 11 is 0. The van der Waals surface area contributed by atoms with E-state index in [2.05, 4.69) is 32.4 Å². The van der Waals surface area contributed by atoms with E-state index in [0.29, 0.717) is 28.6 Å². The molecule has 2 aliphatic rings. The number of aromatic nitrogens is 2. The van der Waals surface area contributed by atoms with Crippen molar-refractivity contribution in [1.82, 2.24) is 14.9 Å². The lowest BCUT2D eigenvalue weighted by Gasteiger charge is -2.32. The van der Waals surface area contributed by atoms with E-state index in [9.17, 15) is 9.18 Å². The lowest BCUT2D eigenvalue weighted by Crippen LogP contribution is -2.38. The van der Waals surface area contributed by atoms with Crippen molar-refractivity contribution in [1.29, 1.82) is 0 Å². The Hall–Kier alpha value is -3.45. The molecule has 3 N–H and O–H groups in total. The van der Waals surface area contributed by atoms with Crippen LogP contribution in [0.25, 0.3) is 11.1 Å². The lowest BCUT2D eigenvalue weighted by atomic mass is 9.94. The maximum absolute atomic E-state index is 14.8. The first-order chi connectivity index (χ1) is 15.6. The number of likely N-dealkylation sites (tertiary alicyclic amines) is 1. The summed E-state index contributed by atoms with van der Waals surface area (Å²) in [5.41, 5.74) is 3.64. The Balaban J connectivity index is 1.56. The van der Waals surface area contributed by atoms with Crippen molar-refractivity contribution in [3.63, 3.8) is 0 Å². The summed E-state index contributed by atoms with van der Waals surface area (Å²) in [5.74, 6) is -0.203. The highest BCUT2D eigenvalue weighted by molar-refractivity contribution is 6.38. The van der Waals surface area contributed by atoms with Crippen LogP contribution in [-0.2, 0) is 4.79 Å². The number of aromatic amines is 1. The van der Waals surface area contributed by atoms with Gasteiger partial charge < -0.3 is 20.5 Å². The Labute approximate surface area is 186 Å². The molecule has 1 amide bonds. The molecule has 2 aromatic carbocycles. The molecule has 0 radical (unpaired) electrons. The number of amides is 1. The zero-order valence-corrected chi connectivity index (χ0v) is 18.0. The Kier molecular flexibility index (Phi) is 5.49. The van der Waals surface area contributed by atoms with Crippen LogP contribution in [-0.4, -0.2) is 46.5 Å². The van der Waals surface area contributed by atoms with Crippen molar-refractivity contribution in [2.45, 2.75) is 25.8 Å². The molecule has 0 aliphatic carbocycles. The predicted molar refractivity (Wildman–Crippen MR) is 125 cm³/mol. The minimum atomic E-state index is -0.399. The van der Waals surface area contributed by atoms with Gasteiger partial charge in [-0.2, -0.15) is 0 Å². The molecule has 2 aliphatic heterocycles. The summed E-state index contributed by atoms with van der Waals surface area (Å²) in [4.78, 5) is 22.9. The van der Waals surface area contributed by atoms with Crippen LogP contribution in [0.3, 0.4) is 0 Å². The molecule has 0 saturated carbocycles. The van der Waals surface area contributed by atoms with Crippen LogP contribution in [0, 0.1) is 5.82 Å².